The molecule has 0 atom stereocenters. The molecule has 0 aliphatic carbocycles. The Morgan fingerprint density at radius 2 is 1.56 bits per heavy atom. The molecule has 172 valence electrons. The van der Waals surface area contributed by atoms with Gasteiger partial charge in [-0.25, -0.2) is 0 Å². The second-order valence-electron chi connectivity index (χ2n) is 7.86. The standard InChI is InChI=1S/C22H29ClN6O3/c1-3-32-18-7-5-4-6-17(18)27-12-14-29(15-13-27)22-25-20(23)24-21(26-22)28-10-8-16(9-11-28)19(30)31-2/h4-7,16H,3,8-15H2,1-2H3. The maximum Gasteiger partial charge on any atom is 0.308 e. The monoisotopic (exact) mass is 460 g/mol. The number of ether oxygens (including phenoxy) is 2. The predicted octanol–water partition coefficient (Wildman–Crippen LogP) is 2.64. The Balaban J connectivity index is 1.41. The molecule has 1 aromatic heterocycles. The van der Waals surface area contributed by atoms with E-state index in [-0.39, 0.29) is 17.2 Å². The van der Waals surface area contributed by atoms with Crippen LogP contribution in [-0.4, -0.2) is 73.9 Å². The molecule has 0 amide bonds. The third-order valence-corrected chi connectivity index (χ3v) is 6.13. The first-order valence-corrected chi connectivity index (χ1v) is 11.4. The van der Waals surface area contributed by atoms with Crippen molar-refractivity contribution in [2.24, 2.45) is 5.92 Å². The van der Waals surface area contributed by atoms with Crippen LogP contribution in [0.2, 0.25) is 5.28 Å². The molecule has 9 nitrogen and oxygen atoms in total. The first-order valence-electron chi connectivity index (χ1n) is 11.0. The van der Waals surface area contributed by atoms with E-state index in [1.54, 1.807) is 0 Å². The predicted molar refractivity (Wildman–Crippen MR) is 124 cm³/mol. The fourth-order valence-electron chi connectivity index (χ4n) is 4.24. The van der Waals surface area contributed by atoms with Gasteiger partial charge in [0.1, 0.15) is 5.75 Å². The third kappa shape index (κ3) is 4.98. The molecule has 1 aromatic carbocycles. The summed E-state index contributed by atoms with van der Waals surface area (Å²) in [5, 5.41) is 0.184. The third-order valence-electron chi connectivity index (χ3n) is 5.97. The number of hydrogen-bond acceptors (Lipinski definition) is 9. The molecular formula is C22H29ClN6O3. The van der Waals surface area contributed by atoms with Crippen molar-refractivity contribution in [3.8, 4) is 5.75 Å². The lowest BCUT2D eigenvalue weighted by atomic mass is 9.97. The van der Waals surface area contributed by atoms with Crippen molar-refractivity contribution in [1.29, 1.82) is 0 Å². The molecule has 2 aliphatic rings. The molecular weight excluding hydrogens is 432 g/mol. The number of anilines is 3. The van der Waals surface area contributed by atoms with Crippen molar-refractivity contribution in [1.82, 2.24) is 15.0 Å². The van der Waals surface area contributed by atoms with Gasteiger partial charge in [0, 0.05) is 39.3 Å². The molecule has 2 aliphatic heterocycles. The molecule has 32 heavy (non-hydrogen) atoms. The first kappa shape index (κ1) is 22.4. The van der Waals surface area contributed by atoms with Crippen LogP contribution in [0.5, 0.6) is 5.75 Å². The van der Waals surface area contributed by atoms with Crippen molar-refractivity contribution in [2.45, 2.75) is 19.8 Å². The van der Waals surface area contributed by atoms with E-state index in [4.69, 9.17) is 26.1 Å². The Hall–Kier alpha value is -2.81. The van der Waals surface area contributed by atoms with Gasteiger partial charge >= 0.3 is 5.97 Å². The number of piperidine rings is 1. The molecule has 0 N–H and O–H groups in total. The smallest absolute Gasteiger partial charge is 0.308 e. The van der Waals surface area contributed by atoms with Gasteiger partial charge in [0.2, 0.25) is 17.2 Å². The molecule has 0 bridgehead atoms. The highest BCUT2D eigenvalue weighted by Gasteiger charge is 2.28. The molecule has 0 saturated carbocycles. The minimum atomic E-state index is -0.150. The average Bonchev–Trinajstić information content (AvgIpc) is 2.84. The highest BCUT2D eigenvalue weighted by Crippen LogP contribution is 2.30. The Labute approximate surface area is 193 Å². The van der Waals surface area contributed by atoms with Crippen LogP contribution in [-0.2, 0) is 9.53 Å². The molecule has 2 aromatic rings. The fourth-order valence-corrected chi connectivity index (χ4v) is 4.39. The summed E-state index contributed by atoms with van der Waals surface area (Å²) in [6.45, 7) is 7.19. The second-order valence-corrected chi connectivity index (χ2v) is 8.20. The molecule has 0 spiro atoms. The van der Waals surface area contributed by atoms with Gasteiger partial charge in [0.15, 0.2) is 0 Å². The van der Waals surface area contributed by atoms with Crippen LogP contribution < -0.4 is 19.4 Å². The van der Waals surface area contributed by atoms with Crippen LogP contribution >= 0.6 is 11.6 Å². The lowest BCUT2D eigenvalue weighted by molar-refractivity contribution is -0.146. The van der Waals surface area contributed by atoms with Crippen molar-refractivity contribution in [3.63, 3.8) is 0 Å². The number of benzene rings is 1. The number of halogens is 1. The number of rotatable bonds is 6. The largest absolute Gasteiger partial charge is 0.492 e. The zero-order chi connectivity index (χ0) is 22.5. The van der Waals surface area contributed by atoms with Crippen LogP contribution in [0.1, 0.15) is 19.8 Å². The van der Waals surface area contributed by atoms with Crippen molar-refractivity contribution in [2.75, 3.05) is 67.7 Å². The van der Waals surface area contributed by atoms with Gasteiger partial charge in [-0.2, -0.15) is 15.0 Å². The van der Waals surface area contributed by atoms with E-state index in [0.29, 0.717) is 44.4 Å². The van der Waals surface area contributed by atoms with Crippen molar-refractivity contribution >= 4 is 35.2 Å². The van der Waals surface area contributed by atoms with Gasteiger partial charge in [0.05, 0.1) is 25.3 Å². The molecule has 10 heteroatoms. The Kier molecular flexibility index (Phi) is 7.14. The van der Waals surface area contributed by atoms with Crippen LogP contribution in [0.15, 0.2) is 24.3 Å². The molecule has 0 radical (unpaired) electrons. The van der Waals surface area contributed by atoms with E-state index in [2.05, 4.69) is 30.7 Å². The summed E-state index contributed by atoms with van der Waals surface area (Å²) in [4.78, 5) is 31.7. The average molecular weight is 461 g/mol. The van der Waals surface area contributed by atoms with Crippen LogP contribution in [0.25, 0.3) is 0 Å². The highest BCUT2D eigenvalue weighted by atomic mass is 35.5. The van der Waals surface area contributed by atoms with E-state index in [1.807, 2.05) is 25.1 Å². The maximum atomic E-state index is 11.8. The first-order chi connectivity index (χ1) is 15.6. The summed E-state index contributed by atoms with van der Waals surface area (Å²) in [7, 11) is 1.43. The lowest BCUT2D eigenvalue weighted by Gasteiger charge is -2.37. The number of para-hydroxylation sites is 2. The normalized spacial score (nSPS) is 17.4. The number of nitrogens with zero attached hydrogens (tertiary/aromatic N) is 6. The number of hydrogen-bond donors (Lipinski definition) is 0. The van der Waals surface area contributed by atoms with Gasteiger partial charge in [-0.1, -0.05) is 12.1 Å². The summed E-state index contributed by atoms with van der Waals surface area (Å²) in [5.41, 5.74) is 1.11. The number of carbonyl (C=O) groups excluding carboxylic acids is 1. The maximum absolute atomic E-state index is 11.8. The van der Waals surface area contributed by atoms with E-state index >= 15 is 0 Å². The van der Waals surface area contributed by atoms with Gasteiger partial charge in [0.25, 0.3) is 0 Å². The van der Waals surface area contributed by atoms with E-state index in [9.17, 15) is 4.79 Å². The molecule has 0 unspecified atom stereocenters. The van der Waals surface area contributed by atoms with Gasteiger partial charge < -0.3 is 24.2 Å². The van der Waals surface area contributed by atoms with Crippen LogP contribution in [0, 0.1) is 5.92 Å². The second kappa shape index (κ2) is 10.2. The molecule has 3 heterocycles. The number of methoxy groups -OCH3 is 1. The van der Waals surface area contributed by atoms with Crippen molar-refractivity contribution < 1.29 is 14.3 Å². The number of aromatic nitrogens is 3. The topological polar surface area (TPSA) is 83.9 Å². The van der Waals surface area contributed by atoms with E-state index in [0.717, 1.165) is 37.6 Å². The zero-order valence-electron chi connectivity index (χ0n) is 18.5. The quantitative estimate of drug-likeness (QED) is 0.604. The number of esters is 1. The summed E-state index contributed by atoms with van der Waals surface area (Å²) >= 11 is 6.25. The molecule has 2 fully saturated rings. The Bertz CT molecular complexity index is 930. The van der Waals surface area contributed by atoms with Gasteiger partial charge in [-0.3, -0.25) is 4.79 Å². The van der Waals surface area contributed by atoms with Gasteiger partial charge in [-0.15, -0.1) is 0 Å². The number of piperazine rings is 1. The van der Waals surface area contributed by atoms with E-state index < -0.39 is 0 Å². The summed E-state index contributed by atoms with van der Waals surface area (Å²) in [6, 6.07) is 8.13. The number of carbonyl (C=O) groups is 1. The van der Waals surface area contributed by atoms with Crippen LogP contribution in [0.3, 0.4) is 0 Å². The SMILES string of the molecule is CCOc1ccccc1N1CCN(c2nc(Cl)nc(N3CCC(C(=O)OC)CC3)n2)CC1. The van der Waals surface area contributed by atoms with Gasteiger partial charge in [-0.05, 0) is 43.5 Å². The fraction of sp³-hybridized carbons (Fsp3) is 0.545. The van der Waals surface area contributed by atoms with Crippen LogP contribution in [0.4, 0.5) is 17.6 Å². The minimum absolute atomic E-state index is 0.0688. The summed E-state index contributed by atoms with van der Waals surface area (Å²) < 4.78 is 10.7. The summed E-state index contributed by atoms with van der Waals surface area (Å²) in [6.07, 6.45) is 1.42. The Morgan fingerprint density at radius 1 is 0.969 bits per heavy atom. The Morgan fingerprint density at radius 3 is 2.19 bits per heavy atom. The molecule has 2 saturated heterocycles. The highest BCUT2D eigenvalue weighted by molar-refractivity contribution is 6.28. The summed E-state index contributed by atoms with van der Waals surface area (Å²) in [5.74, 6) is 1.84. The van der Waals surface area contributed by atoms with Crippen molar-refractivity contribution in [3.05, 3.63) is 29.5 Å². The lowest BCUT2D eigenvalue weighted by Crippen LogP contribution is -2.47. The minimum Gasteiger partial charge on any atom is -0.492 e. The molecule has 4 rings (SSSR count). The van der Waals surface area contributed by atoms with E-state index in [1.165, 1.54) is 7.11 Å². The zero-order valence-corrected chi connectivity index (χ0v) is 19.3.